The standard InChI is InChI=1S/C17H33NO/c1-4-15-7-5-6-8-16(15)19-17(13-18-3)11-9-14(2)10-12-17/h14-16,18H,4-13H2,1-3H3. The Morgan fingerprint density at radius 2 is 1.79 bits per heavy atom. The Kier molecular flexibility index (Phi) is 5.70. The van der Waals surface area contributed by atoms with Gasteiger partial charge in [-0.05, 0) is 57.4 Å². The summed E-state index contributed by atoms with van der Waals surface area (Å²) in [5, 5.41) is 3.39. The molecule has 19 heavy (non-hydrogen) atoms. The second-order valence-corrected chi connectivity index (χ2v) is 7.00. The van der Waals surface area contributed by atoms with Crippen molar-refractivity contribution in [1.29, 1.82) is 0 Å². The van der Waals surface area contributed by atoms with Gasteiger partial charge in [0.05, 0.1) is 11.7 Å². The van der Waals surface area contributed by atoms with Crippen molar-refractivity contribution in [3.05, 3.63) is 0 Å². The molecule has 0 saturated heterocycles. The summed E-state index contributed by atoms with van der Waals surface area (Å²) in [5.74, 6) is 1.70. The SMILES string of the molecule is CCC1CCCCC1OC1(CNC)CCC(C)CC1. The molecule has 0 spiro atoms. The zero-order valence-electron chi connectivity index (χ0n) is 13.2. The van der Waals surface area contributed by atoms with Gasteiger partial charge in [0.15, 0.2) is 0 Å². The van der Waals surface area contributed by atoms with Crippen LogP contribution in [0.2, 0.25) is 0 Å². The second kappa shape index (κ2) is 7.08. The molecule has 2 nitrogen and oxygen atoms in total. The molecule has 2 saturated carbocycles. The first-order chi connectivity index (χ1) is 9.19. The lowest BCUT2D eigenvalue weighted by molar-refractivity contribution is -0.144. The summed E-state index contributed by atoms with van der Waals surface area (Å²) in [6.07, 6.45) is 12.5. The highest BCUT2D eigenvalue weighted by atomic mass is 16.5. The monoisotopic (exact) mass is 267 g/mol. The smallest absolute Gasteiger partial charge is 0.0810 e. The molecule has 0 aromatic heterocycles. The Bertz CT molecular complexity index is 258. The average molecular weight is 267 g/mol. The van der Waals surface area contributed by atoms with Crippen LogP contribution in [0, 0.1) is 11.8 Å². The van der Waals surface area contributed by atoms with Crippen LogP contribution in [0.3, 0.4) is 0 Å². The maximum Gasteiger partial charge on any atom is 0.0810 e. The molecule has 2 rings (SSSR count). The fraction of sp³-hybridized carbons (Fsp3) is 1.00. The number of hydrogen-bond donors (Lipinski definition) is 1. The van der Waals surface area contributed by atoms with Gasteiger partial charge in [0.25, 0.3) is 0 Å². The fourth-order valence-electron chi connectivity index (χ4n) is 4.06. The van der Waals surface area contributed by atoms with E-state index in [2.05, 4.69) is 26.2 Å². The highest BCUT2D eigenvalue weighted by molar-refractivity contribution is 4.90. The molecule has 2 fully saturated rings. The minimum absolute atomic E-state index is 0.136. The van der Waals surface area contributed by atoms with Crippen molar-refractivity contribution in [2.45, 2.75) is 83.3 Å². The number of ether oxygens (including phenoxy) is 1. The van der Waals surface area contributed by atoms with Crippen LogP contribution in [-0.4, -0.2) is 25.3 Å². The summed E-state index contributed by atoms with van der Waals surface area (Å²) >= 11 is 0. The number of nitrogens with one attached hydrogen (secondary N) is 1. The molecular formula is C17H33NO. The molecule has 0 aliphatic heterocycles. The Morgan fingerprint density at radius 1 is 1.11 bits per heavy atom. The van der Waals surface area contributed by atoms with Gasteiger partial charge in [0.2, 0.25) is 0 Å². The summed E-state index contributed by atoms with van der Waals surface area (Å²) in [6.45, 7) is 5.76. The quantitative estimate of drug-likeness (QED) is 0.808. The van der Waals surface area contributed by atoms with E-state index in [4.69, 9.17) is 4.74 Å². The molecule has 0 bridgehead atoms. The van der Waals surface area contributed by atoms with Crippen molar-refractivity contribution in [3.8, 4) is 0 Å². The Balaban J connectivity index is 1.98. The van der Waals surface area contributed by atoms with Gasteiger partial charge in [-0.25, -0.2) is 0 Å². The Hall–Kier alpha value is -0.0800. The molecule has 0 aromatic carbocycles. The van der Waals surface area contributed by atoms with E-state index in [-0.39, 0.29) is 5.60 Å². The first-order valence-electron chi connectivity index (χ1n) is 8.51. The zero-order chi connectivity index (χ0) is 13.7. The van der Waals surface area contributed by atoms with Gasteiger partial charge in [-0.1, -0.05) is 33.1 Å². The lowest BCUT2D eigenvalue weighted by atomic mass is 9.78. The normalized spacial score (nSPS) is 40.3. The molecular weight excluding hydrogens is 234 g/mol. The highest BCUT2D eigenvalue weighted by Gasteiger charge is 2.38. The first kappa shape index (κ1) is 15.3. The predicted molar refractivity (Wildman–Crippen MR) is 81.4 cm³/mol. The van der Waals surface area contributed by atoms with E-state index in [9.17, 15) is 0 Å². The summed E-state index contributed by atoms with van der Waals surface area (Å²) in [4.78, 5) is 0. The molecule has 0 heterocycles. The summed E-state index contributed by atoms with van der Waals surface area (Å²) < 4.78 is 6.75. The van der Waals surface area contributed by atoms with Crippen LogP contribution in [0.15, 0.2) is 0 Å². The van der Waals surface area contributed by atoms with E-state index in [1.54, 1.807) is 0 Å². The Labute approximate surface area is 119 Å². The van der Waals surface area contributed by atoms with Crippen LogP contribution in [-0.2, 0) is 4.74 Å². The topological polar surface area (TPSA) is 21.3 Å². The van der Waals surface area contributed by atoms with Crippen LogP contribution >= 0.6 is 0 Å². The highest BCUT2D eigenvalue weighted by Crippen LogP contribution is 2.39. The lowest BCUT2D eigenvalue weighted by Gasteiger charge is -2.44. The molecule has 112 valence electrons. The molecule has 2 unspecified atom stereocenters. The van der Waals surface area contributed by atoms with E-state index in [1.165, 1.54) is 57.8 Å². The fourth-order valence-corrected chi connectivity index (χ4v) is 4.06. The average Bonchev–Trinajstić information content (AvgIpc) is 2.43. The van der Waals surface area contributed by atoms with Crippen LogP contribution in [0.25, 0.3) is 0 Å². The van der Waals surface area contributed by atoms with E-state index in [1.807, 2.05) is 0 Å². The molecule has 2 heteroatoms. The third-order valence-electron chi connectivity index (χ3n) is 5.45. The minimum atomic E-state index is 0.136. The number of likely N-dealkylation sites (N-methyl/N-ethyl adjacent to an activating group) is 1. The van der Waals surface area contributed by atoms with Crippen molar-refractivity contribution < 1.29 is 4.74 Å². The van der Waals surface area contributed by atoms with Crippen LogP contribution in [0.5, 0.6) is 0 Å². The van der Waals surface area contributed by atoms with Crippen LogP contribution in [0.1, 0.15) is 71.6 Å². The minimum Gasteiger partial charge on any atom is -0.370 e. The van der Waals surface area contributed by atoms with Crippen molar-refractivity contribution in [2.24, 2.45) is 11.8 Å². The molecule has 2 aliphatic carbocycles. The maximum absolute atomic E-state index is 6.75. The third-order valence-corrected chi connectivity index (χ3v) is 5.45. The molecule has 2 aliphatic rings. The number of rotatable bonds is 5. The van der Waals surface area contributed by atoms with Gasteiger partial charge >= 0.3 is 0 Å². The van der Waals surface area contributed by atoms with E-state index in [0.717, 1.165) is 18.4 Å². The predicted octanol–water partition coefficient (Wildman–Crippen LogP) is 4.14. The van der Waals surface area contributed by atoms with Crippen molar-refractivity contribution in [2.75, 3.05) is 13.6 Å². The van der Waals surface area contributed by atoms with Gasteiger partial charge in [-0.2, -0.15) is 0 Å². The molecule has 0 amide bonds. The second-order valence-electron chi connectivity index (χ2n) is 7.00. The van der Waals surface area contributed by atoms with E-state index >= 15 is 0 Å². The molecule has 1 N–H and O–H groups in total. The summed E-state index contributed by atoms with van der Waals surface area (Å²) in [5.41, 5.74) is 0.136. The van der Waals surface area contributed by atoms with Gasteiger partial charge in [-0.3, -0.25) is 0 Å². The Morgan fingerprint density at radius 3 is 2.42 bits per heavy atom. The van der Waals surface area contributed by atoms with Gasteiger partial charge < -0.3 is 10.1 Å². The maximum atomic E-state index is 6.75. The molecule has 2 atom stereocenters. The van der Waals surface area contributed by atoms with Crippen molar-refractivity contribution >= 4 is 0 Å². The van der Waals surface area contributed by atoms with Crippen LogP contribution in [0.4, 0.5) is 0 Å². The zero-order valence-corrected chi connectivity index (χ0v) is 13.2. The van der Waals surface area contributed by atoms with E-state index in [0.29, 0.717) is 6.10 Å². The summed E-state index contributed by atoms with van der Waals surface area (Å²) in [7, 11) is 2.07. The molecule has 0 radical (unpaired) electrons. The summed E-state index contributed by atoms with van der Waals surface area (Å²) in [6, 6.07) is 0. The molecule has 0 aromatic rings. The van der Waals surface area contributed by atoms with Gasteiger partial charge in [0.1, 0.15) is 0 Å². The van der Waals surface area contributed by atoms with Gasteiger partial charge in [0, 0.05) is 6.54 Å². The number of hydrogen-bond acceptors (Lipinski definition) is 2. The first-order valence-corrected chi connectivity index (χ1v) is 8.51. The van der Waals surface area contributed by atoms with E-state index < -0.39 is 0 Å². The lowest BCUT2D eigenvalue weighted by Crippen LogP contribution is -2.49. The van der Waals surface area contributed by atoms with Crippen molar-refractivity contribution in [3.63, 3.8) is 0 Å². The van der Waals surface area contributed by atoms with Crippen LogP contribution < -0.4 is 5.32 Å². The van der Waals surface area contributed by atoms with Crippen molar-refractivity contribution in [1.82, 2.24) is 5.32 Å². The van der Waals surface area contributed by atoms with Gasteiger partial charge in [-0.15, -0.1) is 0 Å². The largest absolute Gasteiger partial charge is 0.370 e. The third kappa shape index (κ3) is 3.95.